The molecule has 0 unspecified atom stereocenters. The molecule has 0 bridgehead atoms. The van der Waals surface area contributed by atoms with Crippen molar-refractivity contribution in [3.8, 4) is 0 Å². The lowest BCUT2D eigenvalue weighted by molar-refractivity contribution is -0.00000982. The van der Waals surface area contributed by atoms with E-state index < -0.39 is 17.3 Å². The molecule has 198 valence electrons. The summed E-state index contributed by atoms with van der Waals surface area (Å²) in [4.78, 5) is 0.288. The number of halogens is 1. The molecule has 0 atom stereocenters. The third-order valence-electron chi connectivity index (χ3n) is 7.01. The van der Waals surface area contributed by atoms with E-state index in [1.165, 1.54) is 20.2 Å². The van der Waals surface area contributed by atoms with E-state index in [1.54, 1.807) is 19.2 Å². The summed E-state index contributed by atoms with van der Waals surface area (Å²) >= 11 is 0. The van der Waals surface area contributed by atoms with Crippen molar-refractivity contribution in [3.63, 3.8) is 0 Å². The third kappa shape index (κ3) is 5.72. The minimum Gasteiger partial charge on any atom is -1.00 e. The highest BCUT2D eigenvalue weighted by molar-refractivity contribution is 7.95. The van der Waals surface area contributed by atoms with Gasteiger partial charge in [-0.1, -0.05) is 90.5 Å². The number of hydrogen-bond acceptors (Lipinski definition) is 2. The first-order chi connectivity index (χ1) is 18.4. The van der Waals surface area contributed by atoms with Crippen LogP contribution in [0.15, 0.2) is 144 Å². The summed E-state index contributed by atoms with van der Waals surface area (Å²) in [5.41, 5.74) is 2.71. The molecule has 0 fully saturated rings. The van der Waals surface area contributed by atoms with E-state index in [0.29, 0.717) is 11.8 Å². The quantitative estimate of drug-likeness (QED) is 0.251. The van der Waals surface area contributed by atoms with Gasteiger partial charge in [-0.2, -0.15) is 0 Å². The zero-order valence-corrected chi connectivity index (χ0v) is 25.3. The number of hydrogen-bond donors (Lipinski definition) is 0. The van der Waals surface area contributed by atoms with Crippen LogP contribution >= 0.6 is 7.26 Å². The summed E-state index contributed by atoms with van der Waals surface area (Å²) in [7, 11) is -4.27. The Morgan fingerprint density at radius 3 is 1.46 bits per heavy atom. The molecule has 3 nitrogen and oxygen atoms in total. The largest absolute Gasteiger partial charge is 1.00 e. The molecule has 6 heteroatoms. The SMILES string of the molecule is Cc1ccc(S(=O)(=O)N(C)c2ccccc2C[P+](c2ccccc2)(c2ccccc2)c2ccccc2)cc1.[Br-]. The molecule has 0 saturated heterocycles. The summed E-state index contributed by atoms with van der Waals surface area (Å²) in [5, 5.41) is 3.78. The van der Waals surface area contributed by atoms with Crippen molar-refractivity contribution < 1.29 is 25.4 Å². The molecule has 39 heavy (non-hydrogen) atoms. The summed E-state index contributed by atoms with van der Waals surface area (Å²) in [6, 6.07) is 46.9. The van der Waals surface area contributed by atoms with Crippen LogP contribution in [0.2, 0.25) is 0 Å². The lowest BCUT2D eigenvalue weighted by Crippen LogP contribution is -3.00. The van der Waals surface area contributed by atoms with Gasteiger partial charge in [0.1, 0.15) is 29.3 Å². The fraction of sp³-hybridized carbons (Fsp3) is 0.0909. The number of aryl methyl sites for hydroxylation is 1. The van der Waals surface area contributed by atoms with Crippen LogP contribution in [-0.4, -0.2) is 15.5 Å². The van der Waals surface area contributed by atoms with Crippen molar-refractivity contribution >= 4 is 38.9 Å². The molecule has 5 aromatic carbocycles. The van der Waals surface area contributed by atoms with Crippen molar-refractivity contribution in [3.05, 3.63) is 151 Å². The number of rotatable bonds is 8. The van der Waals surface area contributed by atoms with E-state index >= 15 is 0 Å². The van der Waals surface area contributed by atoms with Gasteiger partial charge >= 0.3 is 0 Å². The molecule has 5 aromatic rings. The number of sulfonamides is 1. The second-order valence-electron chi connectivity index (χ2n) is 9.39. The Morgan fingerprint density at radius 1 is 0.590 bits per heavy atom. The van der Waals surface area contributed by atoms with Gasteiger partial charge in [0, 0.05) is 12.6 Å². The predicted octanol–water partition coefficient (Wildman–Crippen LogP) is 3.32. The minimum atomic E-state index is -3.74. The van der Waals surface area contributed by atoms with Gasteiger partial charge in [0.15, 0.2) is 0 Å². The molecule has 0 radical (unpaired) electrons. The lowest BCUT2D eigenvalue weighted by Gasteiger charge is -2.30. The van der Waals surface area contributed by atoms with Gasteiger partial charge in [-0.15, -0.1) is 0 Å². The van der Waals surface area contributed by atoms with Gasteiger partial charge in [-0.3, -0.25) is 4.31 Å². The van der Waals surface area contributed by atoms with E-state index in [2.05, 4.69) is 78.9 Å². The van der Waals surface area contributed by atoms with Gasteiger partial charge in [-0.25, -0.2) is 8.42 Å². The van der Waals surface area contributed by atoms with Gasteiger partial charge in [0.05, 0.1) is 10.6 Å². The molecular weight excluding hydrogens is 585 g/mol. The van der Waals surface area contributed by atoms with Crippen molar-refractivity contribution in [2.45, 2.75) is 18.0 Å². The number of anilines is 1. The van der Waals surface area contributed by atoms with Crippen LogP contribution in [0.5, 0.6) is 0 Å². The predicted molar refractivity (Wildman–Crippen MR) is 162 cm³/mol. The molecule has 0 aliphatic carbocycles. The van der Waals surface area contributed by atoms with Gasteiger partial charge in [-0.05, 0) is 61.5 Å². The molecular formula is C33H31BrNO2PS. The second-order valence-corrected chi connectivity index (χ2v) is 14.8. The smallest absolute Gasteiger partial charge is 0.264 e. The molecule has 0 aliphatic heterocycles. The van der Waals surface area contributed by atoms with E-state index in [-0.39, 0.29) is 21.9 Å². The average molecular weight is 617 g/mol. The molecule has 5 rings (SSSR count). The summed E-state index contributed by atoms with van der Waals surface area (Å²) in [6.45, 7) is 1.95. The van der Waals surface area contributed by atoms with E-state index in [4.69, 9.17) is 0 Å². The lowest BCUT2D eigenvalue weighted by atomic mass is 10.2. The van der Waals surface area contributed by atoms with Crippen LogP contribution in [0, 0.1) is 6.92 Å². The highest BCUT2D eigenvalue weighted by atomic mass is 79.9. The fourth-order valence-electron chi connectivity index (χ4n) is 4.97. The van der Waals surface area contributed by atoms with Crippen LogP contribution in [0.1, 0.15) is 11.1 Å². The molecule has 0 amide bonds. The van der Waals surface area contributed by atoms with Gasteiger partial charge < -0.3 is 17.0 Å². The Kier molecular flexibility index (Phi) is 9.07. The Hall–Kier alpha value is -3.24. The maximum Gasteiger partial charge on any atom is 0.264 e. The van der Waals surface area contributed by atoms with Gasteiger partial charge in [0.2, 0.25) is 0 Å². The molecule has 0 saturated carbocycles. The van der Waals surface area contributed by atoms with Crippen LogP contribution in [-0.2, 0) is 16.2 Å². The molecule has 0 aliphatic rings. The summed E-state index contributed by atoms with van der Waals surface area (Å²) in [6.07, 6.45) is 0.689. The van der Waals surface area contributed by atoms with Crippen molar-refractivity contribution in [1.82, 2.24) is 0 Å². The van der Waals surface area contributed by atoms with E-state index in [0.717, 1.165) is 11.1 Å². The molecule has 0 spiro atoms. The summed E-state index contributed by atoms with van der Waals surface area (Å²) in [5.74, 6) is 0. The van der Waals surface area contributed by atoms with Crippen molar-refractivity contribution in [2.75, 3.05) is 11.4 Å². The molecule has 0 heterocycles. The van der Waals surface area contributed by atoms with Crippen molar-refractivity contribution in [2.24, 2.45) is 0 Å². The second kappa shape index (κ2) is 12.3. The maximum atomic E-state index is 13.7. The first-order valence-corrected chi connectivity index (χ1v) is 16.0. The van der Waals surface area contributed by atoms with E-state index in [1.807, 2.05) is 55.5 Å². The number of para-hydroxylation sites is 1. The average Bonchev–Trinajstić information content (AvgIpc) is 2.97. The Labute approximate surface area is 243 Å². The minimum absolute atomic E-state index is 0. The Balaban J connectivity index is 0.00000353. The molecule has 0 aromatic heterocycles. The van der Waals surface area contributed by atoms with Crippen LogP contribution in [0.25, 0.3) is 0 Å². The maximum absolute atomic E-state index is 13.7. The number of benzene rings is 5. The molecule has 0 N–H and O–H groups in total. The van der Waals surface area contributed by atoms with Gasteiger partial charge in [0.25, 0.3) is 10.0 Å². The third-order valence-corrected chi connectivity index (χ3v) is 13.1. The van der Waals surface area contributed by atoms with Crippen LogP contribution < -0.4 is 37.2 Å². The zero-order chi connectivity index (χ0) is 26.6. The van der Waals surface area contributed by atoms with E-state index in [9.17, 15) is 8.42 Å². The monoisotopic (exact) mass is 615 g/mol. The highest BCUT2D eigenvalue weighted by Gasteiger charge is 2.46. The zero-order valence-electron chi connectivity index (χ0n) is 22.0. The van der Waals surface area contributed by atoms with Crippen LogP contribution in [0.3, 0.4) is 0 Å². The summed E-state index contributed by atoms with van der Waals surface area (Å²) < 4.78 is 28.8. The topological polar surface area (TPSA) is 37.4 Å². The highest BCUT2D eigenvalue weighted by Crippen LogP contribution is 2.59. The Bertz CT molecular complexity index is 1510. The fourth-order valence-corrected chi connectivity index (χ4v) is 10.5. The van der Waals surface area contributed by atoms with Crippen molar-refractivity contribution in [1.29, 1.82) is 0 Å². The Morgan fingerprint density at radius 2 is 1.00 bits per heavy atom. The number of nitrogens with zero attached hydrogens (tertiary/aromatic N) is 1. The first-order valence-electron chi connectivity index (χ1n) is 12.6. The standard InChI is InChI=1S/C33H31NO2PS.BrH/c1-27-22-24-32(25-23-27)38(35,36)34(2)33-21-13-12-14-28(33)26-37(29-15-6-3-7-16-29,30-17-8-4-9-18-30)31-19-10-5-11-20-31;/h3-25H,26H2,1-2H3;1H/q+1;/p-1. The van der Waals surface area contributed by atoms with Crippen LogP contribution in [0.4, 0.5) is 5.69 Å². The first kappa shape index (κ1) is 28.8. The normalized spacial score (nSPS) is 11.4.